The summed E-state index contributed by atoms with van der Waals surface area (Å²) in [6.07, 6.45) is 2.96. The number of hydrogen-bond acceptors (Lipinski definition) is 4. The molecule has 1 aromatic heterocycles. The van der Waals surface area contributed by atoms with Gasteiger partial charge in [0.15, 0.2) is 10.4 Å². The molecule has 0 atom stereocenters. The smallest absolute Gasteiger partial charge is 0.305 e. The summed E-state index contributed by atoms with van der Waals surface area (Å²) in [6.45, 7) is 1.88. The predicted molar refractivity (Wildman–Crippen MR) is 67.2 cm³/mol. The quantitative estimate of drug-likeness (QED) is 0.831. The van der Waals surface area contributed by atoms with Gasteiger partial charge < -0.3 is 14.7 Å². The Bertz CT molecular complexity index is 442. The molecule has 17 heavy (non-hydrogen) atoms. The molecule has 1 aliphatic heterocycles. The fraction of sp³-hybridized carbons (Fsp3) is 0.364. The molecule has 0 fully saturated rings. The lowest BCUT2D eigenvalue weighted by atomic mass is 10.2. The number of amides is 1. The van der Waals surface area contributed by atoms with E-state index in [-0.39, 0.29) is 11.7 Å². The van der Waals surface area contributed by atoms with Gasteiger partial charge >= 0.3 is 5.91 Å². The molecular weight excluding hydrogens is 286 g/mol. The van der Waals surface area contributed by atoms with E-state index < -0.39 is 0 Å². The van der Waals surface area contributed by atoms with Crippen LogP contribution in [-0.4, -0.2) is 30.9 Å². The van der Waals surface area contributed by atoms with Gasteiger partial charge in [0.1, 0.15) is 0 Å². The van der Waals surface area contributed by atoms with Crippen LogP contribution >= 0.6 is 15.9 Å². The van der Waals surface area contributed by atoms with Crippen molar-refractivity contribution in [2.75, 3.05) is 20.1 Å². The summed E-state index contributed by atoms with van der Waals surface area (Å²) in [5.41, 5.74) is 6.55. The monoisotopic (exact) mass is 299 g/mol. The van der Waals surface area contributed by atoms with Crippen LogP contribution in [0.3, 0.4) is 0 Å². The summed E-state index contributed by atoms with van der Waals surface area (Å²) in [6, 6.07) is 3.30. The number of furan rings is 1. The molecule has 1 aliphatic rings. The molecule has 1 aromatic rings. The average Bonchev–Trinajstić information content (AvgIpc) is 2.75. The number of halogens is 1. The number of rotatable bonds is 3. The first-order chi connectivity index (χ1) is 8.15. The van der Waals surface area contributed by atoms with Crippen molar-refractivity contribution in [2.24, 2.45) is 0 Å². The minimum Gasteiger partial charge on any atom is -0.444 e. The van der Waals surface area contributed by atoms with E-state index in [0.29, 0.717) is 4.67 Å². The molecule has 5 nitrogen and oxygen atoms in total. The molecule has 6 heteroatoms. The fourth-order valence-corrected chi connectivity index (χ4v) is 1.83. The first kappa shape index (κ1) is 12.2. The van der Waals surface area contributed by atoms with Crippen molar-refractivity contribution in [2.45, 2.75) is 6.42 Å². The van der Waals surface area contributed by atoms with E-state index in [1.165, 1.54) is 0 Å². The topological polar surface area (TPSA) is 57.5 Å². The second-order valence-electron chi connectivity index (χ2n) is 3.92. The van der Waals surface area contributed by atoms with Crippen LogP contribution in [0.1, 0.15) is 17.0 Å². The highest BCUT2D eigenvalue weighted by molar-refractivity contribution is 9.10. The normalized spacial score (nSPS) is 16.5. The molecule has 2 rings (SSSR count). The molecule has 0 saturated heterocycles. The number of carbonyl (C=O) groups is 1. The molecule has 92 valence electrons. The zero-order valence-corrected chi connectivity index (χ0v) is 11.1. The molecule has 2 N–H and O–H groups in total. The van der Waals surface area contributed by atoms with Crippen molar-refractivity contribution in [1.29, 1.82) is 0 Å². The first-order valence-electron chi connectivity index (χ1n) is 5.34. The molecule has 0 spiro atoms. The zero-order chi connectivity index (χ0) is 12.3. The number of carbonyl (C=O) groups excluding carboxylic acids is 1. The third kappa shape index (κ3) is 3.34. The van der Waals surface area contributed by atoms with Gasteiger partial charge in [-0.3, -0.25) is 10.2 Å². The Morgan fingerprint density at radius 2 is 2.35 bits per heavy atom. The highest BCUT2D eigenvalue weighted by Gasteiger charge is 2.12. The van der Waals surface area contributed by atoms with Crippen molar-refractivity contribution < 1.29 is 9.21 Å². The lowest BCUT2D eigenvalue weighted by molar-refractivity contribution is 0.0908. The van der Waals surface area contributed by atoms with Crippen molar-refractivity contribution in [3.8, 4) is 0 Å². The van der Waals surface area contributed by atoms with E-state index in [2.05, 4.69) is 44.8 Å². The van der Waals surface area contributed by atoms with Gasteiger partial charge in [-0.05, 0) is 41.2 Å². The van der Waals surface area contributed by atoms with Crippen molar-refractivity contribution in [3.05, 3.63) is 34.3 Å². The molecular formula is C11H14BrN3O2. The molecule has 0 radical (unpaired) electrons. The van der Waals surface area contributed by atoms with Crippen LogP contribution in [0.15, 0.2) is 33.0 Å². The third-order valence-corrected chi connectivity index (χ3v) is 2.97. The summed E-state index contributed by atoms with van der Waals surface area (Å²) in [5, 5.41) is 0. The van der Waals surface area contributed by atoms with E-state index >= 15 is 0 Å². The molecule has 2 heterocycles. The maximum absolute atomic E-state index is 11.6. The second kappa shape index (κ2) is 5.37. The summed E-state index contributed by atoms with van der Waals surface area (Å²) in [4.78, 5) is 13.8. The van der Waals surface area contributed by atoms with Gasteiger partial charge in [0.25, 0.3) is 0 Å². The third-order valence-electron chi connectivity index (χ3n) is 2.55. The number of hydrogen-bond donors (Lipinski definition) is 2. The van der Waals surface area contributed by atoms with Crippen LogP contribution in [0, 0.1) is 0 Å². The van der Waals surface area contributed by atoms with Crippen LogP contribution in [0.5, 0.6) is 0 Å². The van der Waals surface area contributed by atoms with Crippen LogP contribution in [0.4, 0.5) is 0 Å². The molecule has 0 aliphatic carbocycles. The Balaban J connectivity index is 1.84. The highest BCUT2D eigenvalue weighted by Crippen LogP contribution is 2.13. The Morgan fingerprint density at radius 3 is 2.94 bits per heavy atom. The molecule has 1 amide bonds. The van der Waals surface area contributed by atoms with E-state index in [9.17, 15) is 4.79 Å². The average molecular weight is 300 g/mol. The predicted octanol–water partition coefficient (Wildman–Crippen LogP) is 1.50. The highest BCUT2D eigenvalue weighted by atomic mass is 79.9. The van der Waals surface area contributed by atoms with Crippen LogP contribution in [-0.2, 0) is 0 Å². The Morgan fingerprint density at radius 1 is 1.53 bits per heavy atom. The van der Waals surface area contributed by atoms with Gasteiger partial charge in [0.05, 0.1) is 0 Å². The zero-order valence-electron chi connectivity index (χ0n) is 9.50. The van der Waals surface area contributed by atoms with Crippen molar-refractivity contribution in [3.63, 3.8) is 0 Å². The van der Waals surface area contributed by atoms with Gasteiger partial charge in [0, 0.05) is 25.2 Å². The second-order valence-corrected chi connectivity index (χ2v) is 4.71. The Hall–Kier alpha value is -1.27. The molecule has 0 aromatic carbocycles. The van der Waals surface area contributed by atoms with Gasteiger partial charge in [-0.15, -0.1) is 0 Å². The van der Waals surface area contributed by atoms with Crippen LogP contribution in [0.2, 0.25) is 0 Å². The van der Waals surface area contributed by atoms with Gasteiger partial charge in [-0.2, -0.15) is 0 Å². The van der Waals surface area contributed by atoms with Gasteiger partial charge in [0.2, 0.25) is 0 Å². The van der Waals surface area contributed by atoms with Gasteiger partial charge in [-0.1, -0.05) is 0 Å². The van der Waals surface area contributed by atoms with Gasteiger partial charge in [-0.25, -0.2) is 0 Å². The standard InChI is InChI=1S/C11H14BrN3O2/c1-15-6-4-8(5-7-15)13-14-11(16)9-2-3-10(12)17-9/h2-4,13H,5-7H2,1H3,(H,14,16). The minimum atomic E-state index is -0.282. The lowest BCUT2D eigenvalue weighted by Gasteiger charge is -2.22. The molecule has 0 bridgehead atoms. The van der Waals surface area contributed by atoms with Crippen LogP contribution < -0.4 is 10.9 Å². The minimum absolute atomic E-state index is 0.276. The van der Waals surface area contributed by atoms with E-state index in [0.717, 1.165) is 25.2 Å². The number of nitrogens with one attached hydrogen (secondary N) is 2. The summed E-state index contributed by atoms with van der Waals surface area (Å²) in [7, 11) is 2.06. The van der Waals surface area contributed by atoms with E-state index in [4.69, 9.17) is 4.42 Å². The SMILES string of the molecule is CN1CC=C(NNC(=O)c2ccc(Br)o2)CC1. The molecule has 0 unspecified atom stereocenters. The summed E-state index contributed by atoms with van der Waals surface area (Å²) in [5.74, 6) is -0.00608. The first-order valence-corrected chi connectivity index (χ1v) is 6.14. The number of likely N-dealkylation sites (N-methyl/N-ethyl adjacent to an activating group) is 1. The van der Waals surface area contributed by atoms with Crippen molar-refractivity contribution in [1.82, 2.24) is 15.8 Å². The largest absolute Gasteiger partial charge is 0.444 e. The van der Waals surface area contributed by atoms with Crippen molar-refractivity contribution >= 4 is 21.8 Å². The Labute approximate surface area is 108 Å². The fourth-order valence-electron chi connectivity index (χ4n) is 1.52. The maximum atomic E-state index is 11.6. The van der Waals surface area contributed by atoms with Crippen LogP contribution in [0.25, 0.3) is 0 Å². The summed E-state index contributed by atoms with van der Waals surface area (Å²) >= 11 is 3.15. The molecule has 0 saturated carbocycles. The maximum Gasteiger partial charge on any atom is 0.305 e. The lowest BCUT2D eigenvalue weighted by Crippen LogP contribution is -2.39. The van der Waals surface area contributed by atoms with E-state index in [1.807, 2.05) is 0 Å². The van der Waals surface area contributed by atoms with E-state index in [1.54, 1.807) is 12.1 Å². The Kier molecular flexibility index (Phi) is 3.86. The number of hydrazine groups is 1. The summed E-state index contributed by atoms with van der Waals surface area (Å²) < 4.78 is 5.68. The number of nitrogens with zero attached hydrogens (tertiary/aromatic N) is 1.